The summed E-state index contributed by atoms with van der Waals surface area (Å²) in [5.74, 6) is -0.239. The first kappa shape index (κ1) is 13.0. The third kappa shape index (κ3) is 2.52. The number of hydrogen-bond donors (Lipinski definition) is 2. The highest BCUT2D eigenvalue weighted by atomic mass is 79.9. The third-order valence-electron chi connectivity index (χ3n) is 2.46. The van der Waals surface area contributed by atoms with Crippen molar-refractivity contribution in [3.63, 3.8) is 0 Å². The highest BCUT2D eigenvalue weighted by Crippen LogP contribution is 2.30. The number of carbonyl (C=O) groups is 1. The van der Waals surface area contributed by atoms with Crippen LogP contribution in [-0.2, 0) is 7.05 Å². The van der Waals surface area contributed by atoms with Crippen molar-refractivity contribution in [1.82, 2.24) is 4.57 Å². The van der Waals surface area contributed by atoms with Gasteiger partial charge in [0.2, 0.25) is 0 Å². The number of rotatable bonds is 2. The summed E-state index contributed by atoms with van der Waals surface area (Å²) in [7, 11) is 1.76. The predicted octanol–water partition coefficient (Wildman–Crippen LogP) is 3.28. The molecule has 0 fully saturated rings. The van der Waals surface area contributed by atoms with E-state index in [1.165, 1.54) is 0 Å². The Labute approximate surface area is 118 Å². The second kappa shape index (κ2) is 5.04. The van der Waals surface area contributed by atoms with Crippen LogP contribution in [0.4, 0.5) is 11.4 Å². The van der Waals surface area contributed by atoms with E-state index in [0.29, 0.717) is 26.6 Å². The van der Waals surface area contributed by atoms with E-state index in [2.05, 4.69) is 21.2 Å². The van der Waals surface area contributed by atoms with Crippen LogP contribution in [-0.4, -0.2) is 10.5 Å². The van der Waals surface area contributed by atoms with Gasteiger partial charge in [0.15, 0.2) is 0 Å². The average molecular weight is 329 g/mol. The molecule has 0 unspecified atom stereocenters. The molecule has 0 saturated heterocycles. The SMILES string of the molecule is Cn1cc(N)cc1C(=O)Nc1cccc(Cl)c1Br. The zero-order valence-corrected chi connectivity index (χ0v) is 11.9. The van der Waals surface area contributed by atoms with Crippen molar-refractivity contribution < 1.29 is 4.79 Å². The second-order valence-electron chi connectivity index (χ2n) is 3.83. The van der Waals surface area contributed by atoms with E-state index in [4.69, 9.17) is 17.3 Å². The lowest BCUT2D eigenvalue weighted by Gasteiger charge is -2.08. The lowest BCUT2D eigenvalue weighted by Crippen LogP contribution is -2.15. The minimum atomic E-state index is -0.239. The molecule has 0 atom stereocenters. The number of anilines is 2. The maximum absolute atomic E-state index is 12.1. The Balaban J connectivity index is 2.27. The molecule has 0 aliphatic rings. The van der Waals surface area contributed by atoms with Gasteiger partial charge < -0.3 is 15.6 Å². The number of nitrogen functional groups attached to an aromatic ring is 1. The Morgan fingerprint density at radius 2 is 2.22 bits per heavy atom. The average Bonchev–Trinajstić information content (AvgIpc) is 2.64. The predicted molar refractivity (Wildman–Crippen MR) is 76.9 cm³/mol. The maximum Gasteiger partial charge on any atom is 0.272 e. The number of halogens is 2. The molecule has 0 aliphatic heterocycles. The van der Waals surface area contributed by atoms with Crippen molar-refractivity contribution in [2.24, 2.45) is 7.05 Å². The molecule has 1 aromatic heterocycles. The maximum atomic E-state index is 12.1. The number of hydrogen-bond acceptors (Lipinski definition) is 2. The van der Waals surface area contributed by atoms with Crippen molar-refractivity contribution in [3.8, 4) is 0 Å². The standard InChI is InChI=1S/C12H11BrClN3O/c1-17-6-7(15)5-10(17)12(18)16-9-4-2-3-8(14)11(9)13/h2-6H,15H2,1H3,(H,16,18). The first-order chi connectivity index (χ1) is 8.49. The van der Waals surface area contributed by atoms with Gasteiger partial charge in [0.05, 0.1) is 20.9 Å². The van der Waals surface area contributed by atoms with E-state index in [9.17, 15) is 4.79 Å². The highest BCUT2D eigenvalue weighted by molar-refractivity contribution is 9.10. The molecule has 1 heterocycles. The highest BCUT2D eigenvalue weighted by Gasteiger charge is 2.13. The zero-order valence-electron chi connectivity index (χ0n) is 9.58. The Morgan fingerprint density at radius 3 is 2.83 bits per heavy atom. The monoisotopic (exact) mass is 327 g/mol. The quantitative estimate of drug-likeness (QED) is 0.889. The summed E-state index contributed by atoms with van der Waals surface area (Å²) in [6.07, 6.45) is 1.68. The van der Waals surface area contributed by atoms with Crippen molar-refractivity contribution in [1.29, 1.82) is 0 Å². The summed E-state index contributed by atoms with van der Waals surface area (Å²) in [6.45, 7) is 0. The number of nitrogens with one attached hydrogen (secondary N) is 1. The molecule has 0 radical (unpaired) electrons. The molecule has 6 heteroatoms. The van der Waals surface area contributed by atoms with Crippen molar-refractivity contribution >= 4 is 44.8 Å². The van der Waals surface area contributed by atoms with Gasteiger partial charge in [0.1, 0.15) is 5.69 Å². The molecule has 2 aromatic rings. The van der Waals surface area contributed by atoms with Crippen LogP contribution in [0, 0.1) is 0 Å². The molecular weight excluding hydrogens is 318 g/mol. The fourth-order valence-electron chi connectivity index (χ4n) is 1.60. The van der Waals surface area contributed by atoms with Crippen LogP contribution in [0.3, 0.4) is 0 Å². The number of carbonyl (C=O) groups excluding carboxylic acids is 1. The van der Waals surface area contributed by atoms with E-state index >= 15 is 0 Å². The first-order valence-corrected chi connectivity index (χ1v) is 6.33. The fraction of sp³-hybridized carbons (Fsp3) is 0.0833. The fourth-order valence-corrected chi connectivity index (χ4v) is 2.14. The van der Waals surface area contributed by atoms with Crippen LogP contribution in [0.25, 0.3) is 0 Å². The van der Waals surface area contributed by atoms with Crippen molar-refractivity contribution in [3.05, 3.63) is 45.7 Å². The number of benzene rings is 1. The van der Waals surface area contributed by atoms with Gasteiger partial charge in [-0.3, -0.25) is 4.79 Å². The van der Waals surface area contributed by atoms with Crippen LogP contribution >= 0.6 is 27.5 Å². The van der Waals surface area contributed by atoms with Gasteiger partial charge >= 0.3 is 0 Å². The lowest BCUT2D eigenvalue weighted by atomic mass is 10.3. The van der Waals surface area contributed by atoms with E-state index in [0.717, 1.165) is 0 Å². The molecule has 0 bridgehead atoms. The number of nitrogens with zero attached hydrogens (tertiary/aromatic N) is 1. The molecule has 3 N–H and O–H groups in total. The molecule has 2 rings (SSSR count). The minimum absolute atomic E-state index is 0.239. The number of nitrogens with two attached hydrogens (primary N) is 1. The van der Waals surface area contributed by atoms with Gasteiger partial charge in [-0.1, -0.05) is 17.7 Å². The number of aromatic nitrogens is 1. The number of amides is 1. The van der Waals surface area contributed by atoms with Crippen LogP contribution in [0.15, 0.2) is 34.9 Å². The summed E-state index contributed by atoms with van der Waals surface area (Å²) in [5.41, 5.74) is 7.29. The van der Waals surface area contributed by atoms with E-state index in [-0.39, 0.29) is 5.91 Å². The Morgan fingerprint density at radius 1 is 1.50 bits per heavy atom. The van der Waals surface area contributed by atoms with Gasteiger partial charge in [-0.2, -0.15) is 0 Å². The van der Waals surface area contributed by atoms with E-state index in [1.54, 1.807) is 42.1 Å². The van der Waals surface area contributed by atoms with E-state index < -0.39 is 0 Å². The molecule has 0 saturated carbocycles. The normalized spacial score (nSPS) is 10.4. The largest absolute Gasteiger partial charge is 0.397 e. The second-order valence-corrected chi connectivity index (χ2v) is 5.03. The van der Waals surface area contributed by atoms with Crippen molar-refractivity contribution in [2.45, 2.75) is 0 Å². The molecule has 94 valence electrons. The van der Waals surface area contributed by atoms with Gasteiger partial charge in [-0.25, -0.2) is 0 Å². The van der Waals surface area contributed by atoms with Crippen LogP contribution in [0.1, 0.15) is 10.5 Å². The summed E-state index contributed by atoms with van der Waals surface area (Å²) < 4.78 is 2.32. The summed E-state index contributed by atoms with van der Waals surface area (Å²) in [4.78, 5) is 12.1. The van der Waals surface area contributed by atoms with Crippen LogP contribution < -0.4 is 11.1 Å². The topological polar surface area (TPSA) is 60.0 Å². The third-order valence-corrected chi connectivity index (χ3v) is 3.86. The molecule has 4 nitrogen and oxygen atoms in total. The summed E-state index contributed by atoms with van der Waals surface area (Å²) in [5, 5.41) is 3.32. The summed E-state index contributed by atoms with van der Waals surface area (Å²) in [6, 6.07) is 6.89. The van der Waals surface area contributed by atoms with E-state index in [1.807, 2.05) is 0 Å². The molecule has 0 spiro atoms. The Hall–Kier alpha value is -1.46. The van der Waals surface area contributed by atoms with Gasteiger partial charge in [0.25, 0.3) is 5.91 Å². The minimum Gasteiger partial charge on any atom is -0.397 e. The van der Waals surface area contributed by atoms with Gasteiger partial charge in [-0.05, 0) is 34.1 Å². The van der Waals surface area contributed by atoms with Gasteiger partial charge in [0, 0.05) is 13.2 Å². The van der Waals surface area contributed by atoms with Crippen LogP contribution in [0.5, 0.6) is 0 Å². The first-order valence-electron chi connectivity index (χ1n) is 5.16. The van der Waals surface area contributed by atoms with Crippen LogP contribution in [0.2, 0.25) is 5.02 Å². The Bertz CT molecular complexity index is 609. The molecule has 0 aliphatic carbocycles. The molecule has 18 heavy (non-hydrogen) atoms. The Kier molecular flexibility index (Phi) is 3.63. The molecular formula is C12H11BrClN3O. The smallest absolute Gasteiger partial charge is 0.272 e. The zero-order chi connectivity index (χ0) is 13.3. The number of aryl methyl sites for hydroxylation is 1. The summed E-state index contributed by atoms with van der Waals surface area (Å²) >= 11 is 9.28. The molecule has 1 aromatic carbocycles. The van der Waals surface area contributed by atoms with Crippen molar-refractivity contribution in [2.75, 3.05) is 11.1 Å². The van der Waals surface area contributed by atoms with Gasteiger partial charge in [-0.15, -0.1) is 0 Å². The molecule has 1 amide bonds. The lowest BCUT2D eigenvalue weighted by molar-refractivity contribution is 0.101.